The van der Waals surface area contributed by atoms with Gasteiger partial charge in [0.1, 0.15) is 0 Å². The van der Waals surface area contributed by atoms with Gasteiger partial charge in [-0.25, -0.2) is 4.68 Å². The van der Waals surface area contributed by atoms with Crippen molar-refractivity contribution in [2.24, 2.45) is 0 Å². The number of aromatic nitrogens is 3. The summed E-state index contributed by atoms with van der Waals surface area (Å²) in [7, 11) is 0. The highest BCUT2D eigenvalue weighted by Crippen LogP contribution is 2.28. The summed E-state index contributed by atoms with van der Waals surface area (Å²) >= 11 is 11.1. The molecule has 0 saturated carbocycles. The van der Waals surface area contributed by atoms with Crippen LogP contribution < -0.4 is 5.84 Å². The molecule has 0 bridgehead atoms. The highest BCUT2D eigenvalue weighted by Gasteiger charge is 2.13. The summed E-state index contributed by atoms with van der Waals surface area (Å²) < 4.78 is 2.56. The SMILES string of the molecule is Nn1c(SCc2ccccc2Br)nnc1-c1cccc(Cl)c1. The third-order valence-corrected chi connectivity index (χ3v) is 5.06. The second kappa shape index (κ2) is 6.73. The van der Waals surface area contributed by atoms with E-state index in [1.807, 2.05) is 42.5 Å². The van der Waals surface area contributed by atoms with Crippen LogP contribution in [0, 0.1) is 0 Å². The molecule has 1 heterocycles. The molecule has 0 radical (unpaired) electrons. The lowest BCUT2D eigenvalue weighted by atomic mass is 10.2. The van der Waals surface area contributed by atoms with Crippen molar-refractivity contribution in [2.45, 2.75) is 10.9 Å². The molecule has 0 spiro atoms. The monoisotopic (exact) mass is 394 g/mol. The average molecular weight is 396 g/mol. The lowest BCUT2D eigenvalue weighted by Crippen LogP contribution is -2.11. The van der Waals surface area contributed by atoms with Gasteiger partial charge in [0, 0.05) is 20.8 Å². The van der Waals surface area contributed by atoms with Crippen LogP contribution in [0.3, 0.4) is 0 Å². The molecule has 7 heteroatoms. The molecule has 1 aromatic heterocycles. The molecule has 0 atom stereocenters. The van der Waals surface area contributed by atoms with E-state index in [0.29, 0.717) is 16.0 Å². The Morgan fingerprint density at radius 1 is 1.14 bits per heavy atom. The zero-order valence-electron chi connectivity index (χ0n) is 11.4. The van der Waals surface area contributed by atoms with E-state index < -0.39 is 0 Å². The number of thioether (sulfide) groups is 1. The van der Waals surface area contributed by atoms with Gasteiger partial charge in [0.2, 0.25) is 5.16 Å². The number of nitrogens with zero attached hydrogens (tertiary/aromatic N) is 3. The topological polar surface area (TPSA) is 56.7 Å². The standard InChI is InChI=1S/C15H12BrClN4S/c16-13-7-2-1-4-11(13)9-22-15-20-19-14(21(15)18)10-5-3-6-12(17)8-10/h1-8H,9,18H2. The van der Waals surface area contributed by atoms with Crippen LogP contribution in [0.1, 0.15) is 5.56 Å². The largest absolute Gasteiger partial charge is 0.335 e. The number of halogens is 2. The van der Waals surface area contributed by atoms with E-state index in [2.05, 4.69) is 32.2 Å². The van der Waals surface area contributed by atoms with Gasteiger partial charge in [-0.1, -0.05) is 69.6 Å². The van der Waals surface area contributed by atoms with Gasteiger partial charge in [0.25, 0.3) is 0 Å². The molecule has 0 unspecified atom stereocenters. The number of nitrogens with two attached hydrogens (primary N) is 1. The zero-order chi connectivity index (χ0) is 15.5. The predicted octanol–water partition coefficient (Wildman–Crippen LogP) is 4.37. The van der Waals surface area contributed by atoms with Crippen LogP contribution in [-0.4, -0.2) is 14.9 Å². The molecule has 112 valence electrons. The van der Waals surface area contributed by atoms with Gasteiger partial charge in [0.15, 0.2) is 5.82 Å². The first-order chi connectivity index (χ1) is 10.6. The Labute approximate surface area is 145 Å². The Morgan fingerprint density at radius 3 is 2.73 bits per heavy atom. The van der Waals surface area contributed by atoms with Gasteiger partial charge in [-0.05, 0) is 23.8 Å². The molecule has 0 amide bonds. The average Bonchev–Trinajstić information content (AvgIpc) is 2.87. The zero-order valence-corrected chi connectivity index (χ0v) is 14.6. The third kappa shape index (κ3) is 3.29. The Kier molecular flexibility index (Phi) is 4.71. The van der Waals surface area contributed by atoms with Crippen LogP contribution in [0.25, 0.3) is 11.4 Å². The van der Waals surface area contributed by atoms with Crippen molar-refractivity contribution in [3.05, 3.63) is 63.6 Å². The van der Waals surface area contributed by atoms with Crippen molar-refractivity contribution >= 4 is 39.3 Å². The Bertz CT molecular complexity index is 806. The predicted molar refractivity (Wildman–Crippen MR) is 94.3 cm³/mol. The summed E-state index contributed by atoms with van der Waals surface area (Å²) in [6.45, 7) is 0. The third-order valence-electron chi connectivity index (χ3n) is 3.06. The minimum atomic E-state index is 0.595. The first kappa shape index (κ1) is 15.4. The smallest absolute Gasteiger partial charge is 0.210 e. The highest BCUT2D eigenvalue weighted by atomic mass is 79.9. The summed E-state index contributed by atoms with van der Waals surface area (Å²) in [4.78, 5) is 0. The van der Waals surface area contributed by atoms with Gasteiger partial charge in [0.05, 0.1) is 0 Å². The molecule has 22 heavy (non-hydrogen) atoms. The summed E-state index contributed by atoms with van der Waals surface area (Å²) in [6.07, 6.45) is 0. The lowest BCUT2D eigenvalue weighted by Gasteiger charge is -2.05. The first-order valence-corrected chi connectivity index (χ1v) is 8.63. The van der Waals surface area contributed by atoms with Crippen molar-refractivity contribution in [2.75, 3.05) is 5.84 Å². The molecule has 0 aliphatic heterocycles. The van der Waals surface area contributed by atoms with Crippen LogP contribution in [0.15, 0.2) is 58.2 Å². The first-order valence-electron chi connectivity index (χ1n) is 6.48. The van der Waals surface area contributed by atoms with Crippen molar-refractivity contribution in [1.29, 1.82) is 0 Å². The van der Waals surface area contributed by atoms with Crippen LogP contribution in [0.5, 0.6) is 0 Å². The minimum absolute atomic E-state index is 0.595. The van der Waals surface area contributed by atoms with Crippen LogP contribution >= 0.6 is 39.3 Å². The second-order valence-corrected chi connectivity index (χ2v) is 6.80. The molecular formula is C15H12BrClN4S. The maximum Gasteiger partial charge on any atom is 0.210 e. The molecule has 3 rings (SSSR count). The molecule has 2 N–H and O–H groups in total. The fraction of sp³-hybridized carbons (Fsp3) is 0.0667. The maximum absolute atomic E-state index is 6.10. The van der Waals surface area contributed by atoms with Crippen LogP contribution in [0.4, 0.5) is 0 Å². The van der Waals surface area contributed by atoms with Crippen molar-refractivity contribution in [3.8, 4) is 11.4 Å². The van der Waals surface area contributed by atoms with Crippen molar-refractivity contribution in [1.82, 2.24) is 14.9 Å². The van der Waals surface area contributed by atoms with E-state index >= 15 is 0 Å². The summed E-state index contributed by atoms with van der Waals surface area (Å²) in [5.41, 5.74) is 2.02. The molecule has 3 aromatic rings. The molecule has 0 saturated heterocycles. The normalized spacial score (nSPS) is 10.8. The molecule has 0 aliphatic carbocycles. The summed E-state index contributed by atoms with van der Waals surface area (Å²) in [6, 6.07) is 15.5. The van der Waals surface area contributed by atoms with Crippen LogP contribution in [-0.2, 0) is 5.75 Å². The van der Waals surface area contributed by atoms with Gasteiger partial charge in [-0.3, -0.25) is 0 Å². The van der Waals surface area contributed by atoms with Crippen LogP contribution in [0.2, 0.25) is 5.02 Å². The number of benzene rings is 2. The van der Waals surface area contributed by atoms with E-state index in [-0.39, 0.29) is 0 Å². The second-order valence-electron chi connectivity index (χ2n) is 4.57. The number of hydrogen-bond donors (Lipinski definition) is 1. The fourth-order valence-corrected chi connectivity index (χ4v) is 3.62. The maximum atomic E-state index is 6.10. The minimum Gasteiger partial charge on any atom is -0.335 e. The van der Waals surface area contributed by atoms with E-state index in [0.717, 1.165) is 15.8 Å². The van der Waals surface area contributed by atoms with E-state index in [1.54, 1.807) is 0 Å². The Balaban J connectivity index is 1.81. The van der Waals surface area contributed by atoms with Crippen molar-refractivity contribution in [3.63, 3.8) is 0 Å². The van der Waals surface area contributed by atoms with Gasteiger partial charge < -0.3 is 5.84 Å². The van der Waals surface area contributed by atoms with Gasteiger partial charge >= 0.3 is 0 Å². The van der Waals surface area contributed by atoms with E-state index in [1.165, 1.54) is 22.0 Å². The molecule has 0 aliphatic rings. The summed E-state index contributed by atoms with van der Waals surface area (Å²) in [5, 5.41) is 9.62. The molecular weight excluding hydrogens is 384 g/mol. The molecule has 0 fully saturated rings. The van der Waals surface area contributed by atoms with Gasteiger partial charge in [-0.15, -0.1) is 10.2 Å². The Hall–Kier alpha value is -1.50. The highest BCUT2D eigenvalue weighted by molar-refractivity contribution is 9.10. The summed E-state index contributed by atoms with van der Waals surface area (Å²) in [5.74, 6) is 7.45. The van der Waals surface area contributed by atoms with Crippen molar-refractivity contribution < 1.29 is 0 Å². The lowest BCUT2D eigenvalue weighted by molar-refractivity contribution is 0.849. The Morgan fingerprint density at radius 2 is 1.95 bits per heavy atom. The molecule has 4 nitrogen and oxygen atoms in total. The molecule has 2 aromatic carbocycles. The number of rotatable bonds is 4. The quantitative estimate of drug-likeness (QED) is 0.526. The fourth-order valence-electron chi connectivity index (χ4n) is 1.96. The van der Waals surface area contributed by atoms with Gasteiger partial charge in [-0.2, -0.15) is 0 Å². The number of nitrogen functional groups attached to an aromatic ring is 1. The van der Waals surface area contributed by atoms with E-state index in [9.17, 15) is 0 Å². The van der Waals surface area contributed by atoms with E-state index in [4.69, 9.17) is 17.4 Å². The number of hydrogen-bond acceptors (Lipinski definition) is 4.